The molecule has 6 nitrogen and oxygen atoms in total. The molecule has 0 spiro atoms. The minimum Gasteiger partial charge on any atom is -0.489 e. The fraction of sp³-hybridized carbons (Fsp3) is 0.312. The Morgan fingerprint density at radius 1 is 1.43 bits per heavy atom. The summed E-state index contributed by atoms with van der Waals surface area (Å²) in [5.74, 6) is -0.185. The second-order valence-corrected chi connectivity index (χ2v) is 5.60. The van der Waals surface area contributed by atoms with Crippen LogP contribution in [-0.4, -0.2) is 45.3 Å². The van der Waals surface area contributed by atoms with E-state index in [0.717, 1.165) is 12.8 Å². The summed E-state index contributed by atoms with van der Waals surface area (Å²) in [5.41, 5.74) is 0.484. The molecule has 0 saturated heterocycles. The smallest absolute Gasteiger partial charge is 0.407 e. The number of carboxylic acid groups (broad SMARTS) is 1. The highest BCUT2D eigenvalue weighted by atomic mass is 19.1. The third-order valence-electron chi connectivity index (χ3n) is 4.14. The lowest BCUT2D eigenvalue weighted by Gasteiger charge is -2.25. The van der Waals surface area contributed by atoms with E-state index in [0.29, 0.717) is 16.9 Å². The third kappa shape index (κ3) is 3.08. The maximum Gasteiger partial charge on any atom is 0.407 e. The molecule has 1 aliphatic rings. The maximum absolute atomic E-state index is 13.9. The standard InChI is InChI=1S/C16H16FN3O3/c1-20(15(21)22)16(4-5-16)10-23-12-8-13(14(17)19-9-12)11-2-6-18-7-3-11/h2-3,6-9H,4-5,10H2,1H3,(H,21,22). The van der Waals surface area contributed by atoms with Gasteiger partial charge in [0.2, 0.25) is 5.95 Å². The van der Waals surface area contributed by atoms with Crippen LogP contribution in [-0.2, 0) is 0 Å². The van der Waals surface area contributed by atoms with Crippen molar-refractivity contribution in [1.82, 2.24) is 14.9 Å². The molecule has 0 aromatic carbocycles. The molecule has 7 heteroatoms. The Morgan fingerprint density at radius 3 is 2.74 bits per heavy atom. The zero-order chi connectivity index (χ0) is 16.4. The Labute approximate surface area is 132 Å². The SMILES string of the molecule is CN(C(=O)O)C1(COc2cnc(F)c(-c3ccncc3)c2)CC1. The number of ether oxygens (including phenoxy) is 1. The van der Waals surface area contributed by atoms with Gasteiger partial charge < -0.3 is 14.7 Å². The van der Waals surface area contributed by atoms with Crippen molar-refractivity contribution in [1.29, 1.82) is 0 Å². The molecule has 1 aliphatic carbocycles. The molecule has 0 aliphatic heterocycles. The first-order chi connectivity index (χ1) is 11.0. The number of hydrogen-bond donors (Lipinski definition) is 1. The zero-order valence-electron chi connectivity index (χ0n) is 12.6. The van der Waals surface area contributed by atoms with Crippen molar-refractivity contribution in [3.05, 3.63) is 42.7 Å². The van der Waals surface area contributed by atoms with Crippen LogP contribution in [0.3, 0.4) is 0 Å². The molecule has 1 amide bonds. The van der Waals surface area contributed by atoms with E-state index >= 15 is 0 Å². The van der Waals surface area contributed by atoms with E-state index in [2.05, 4.69) is 9.97 Å². The minimum atomic E-state index is -0.985. The molecule has 2 aromatic rings. The van der Waals surface area contributed by atoms with E-state index in [1.165, 1.54) is 18.1 Å². The molecule has 0 bridgehead atoms. The monoisotopic (exact) mass is 317 g/mol. The summed E-state index contributed by atoms with van der Waals surface area (Å²) in [7, 11) is 1.53. The lowest BCUT2D eigenvalue weighted by molar-refractivity contribution is 0.109. The summed E-state index contributed by atoms with van der Waals surface area (Å²) in [6, 6.07) is 4.93. The molecule has 120 valence electrons. The van der Waals surface area contributed by atoms with Crippen molar-refractivity contribution in [2.75, 3.05) is 13.7 Å². The number of likely N-dealkylation sites (N-methyl/N-ethyl adjacent to an activating group) is 1. The largest absolute Gasteiger partial charge is 0.489 e. The van der Waals surface area contributed by atoms with E-state index in [-0.39, 0.29) is 6.61 Å². The Hall–Kier alpha value is -2.70. The molecule has 3 rings (SSSR count). The number of pyridine rings is 2. The third-order valence-corrected chi connectivity index (χ3v) is 4.14. The van der Waals surface area contributed by atoms with Gasteiger partial charge in [-0.15, -0.1) is 0 Å². The van der Waals surface area contributed by atoms with E-state index in [1.807, 2.05) is 0 Å². The predicted molar refractivity (Wildman–Crippen MR) is 80.7 cm³/mol. The van der Waals surface area contributed by atoms with E-state index in [4.69, 9.17) is 9.84 Å². The Kier molecular flexibility index (Phi) is 3.85. The molecule has 0 radical (unpaired) electrons. The first-order valence-electron chi connectivity index (χ1n) is 7.17. The van der Waals surface area contributed by atoms with Gasteiger partial charge >= 0.3 is 6.09 Å². The van der Waals surface area contributed by atoms with E-state index in [1.54, 1.807) is 30.6 Å². The highest BCUT2D eigenvalue weighted by Crippen LogP contribution is 2.41. The van der Waals surface area contributed by atoms with Crippen LogP contribution in [0.4, 0.5) is 9.18 Å². The summed E-state index contributed by atoms with van der Waals surface area (Å²) < 4.78 is 19.6. The number of rotatable bonds is 5. The summed E-state index contributed by atoms with van der Waals surface area (Å²) >= 11 is 0. The maximum atomic E-state index is 13.9. The number of halogens is 1. The number of nitrogens with zero attached hydrogens (tertiary/aromatic N) is 3. The average molecular weight is 317 g/mol. The topological polar surface area (TPSA) is 75.6 Å². The van der Waals surface area contributed by atoms with Crippen molar-refractivity contribution in [2.24, 2.45) is 0 Å². The van der Waals surface area contributed by atoms with Gasteiger partial charge in [-0.25, -0.2) is 9.78 Å². The molecule has 2 aromatic heterocycles. The van der Waals surface area contributed by atoms with E-state index in [9.17, 15) is 9.18 Å². The van der Waals surface area contributed by atoms with Crippen molar-refractivity contribution in [3.63, 3.8) is 0 Å². The highest BCUT2D eigenvalue weighted by molar-refractivity contribution is 5.66. The minimum absolute atomic E-state index is 0.221. The van der Waals surface area contributed by atoms with Gasteiger partial charge in [0.25, 0.3) is 0 Å². The van der Waals surface area contributed by atoms with E-state index < -0.39 is 17.6 Å². The van der Waals surface area contributed by atoms with Crippen LogP contribution >= 0.6 is 0 Å². The predicted octanol–water partition coefficient (Wildman–Crippen LogP) is 2.80. The van der Waals surface area contributed by atoms with Gasteiger partial charge in [0.1, 0.15) is 12.4 Å². The normalized spacial score (nSPS) is 15.0. The lowest BCUT2D eigenvalue weighted by Crippen LogP contribution is -2.42. The van der Waals surface area contributed by atoms with Crippen molar-refractivity contribution in [2.45, 2.75) is 18.4 Å². The second kappa shape index (κ2) is 5.83. The van der Waals surface area contributed by atoms with Gasteiger partial charge in [-0.05, 0) is 36.6 Å². The number of hydrogen-bond acceptors (Lipinski definition) is 4. The fourth-order valence-corrected chi connectivity index (χ4v) is 2.38. The molecule has 1 saturated carbocycles. The molecular formula is C16H16FN3O3. The van der Waals surface area contributed by atoms with Crippen molar-refractivity contribution in [3.8, 4) is 16.9 Å². The fourth-order valence-electron chi connectivity index (χ4n) is 2.38. The number of aromatic nitrogens is 2. The Morgan fingerprint density at radius 2 is 2.13 bits per heavy atom. The summed E-state index contributed by atoms with van der Waals surface area (Å²) in [5, 5.41) is 9.09. The Bertz CT molecular complexity index is 720. The number of carbonyl (C=O) groups is 1. The van der Waals surface area contributed by atoms with Gasteiger partial charge in [-0.3, -0.25) is 4.98 Å². The van der Waals surface area contributed by atoms with Gasteiger partial charge in [0, 0.05) is 25.0 Å². The lowest BCUT2D eigenvalue weighted by atomic mass is 10.1. The van der Waals surface area contributed by atoms with Gasteiger partial charge in [-0.2, -0.15) is 4.39 Å². The molecular weight excluding hydrogens is 301 g/mol. The van der Waals surface area contributed by atoms with Crippen LogP contribution in [0, 0.1) is 5.95 Å². The zero-order valence-corrected chi connectivity index (χ0v) is 12.6. The Balaban J connectivity index is 1.76. The molecule has 0 unspecified atom stereocenters. The van der Waals surface area contributed by atoms with Gasteiger partial charge in [0.05, 0.1) is 11.7 Å². The summed E-state index contributed by atoms with van der Waals surface area (Å²) in [4.78, 5) is 20.0. The van der Waals surface area contributed by atoms with Crippen LogP contribution < -0.4 is 4.74 Å². The molecule has 1 N–H and O–H groups in total. The number of amides is 1. The first-order valence-corrected chi connectivity index (χ1v) is 7.17. The quantitative estimate of drug-likeness (QED) is 0.858. The van der Waals surface area contributed by atoms with Gasteiger partial charge in [-0.1, -0.05) is 0 Å². The first kappa shape index (κ1) is 15.2. The van der Waals surface area contributed by atoms with Crippen molar-refractivity contribution >= 4 is 6.09 Å². The van der Waals surface area contributed by atoms with Crippen molar-refractivity contribution < 1.29 is 19.0 Å². The summed E-state index contributed by atoms with van der Waals surface area (Å²) in [6.07, 6.45) is 4.97. The average Bonchev–Trinajstić information content (AvgIpc) is 3.35. The highest BCUT2D eigenvalue weighted by Gasteiger charge is 2.49. The molecule has 1 fully saturated rings. The van der Waals surface area contributed by atoms with Crippen LogP contribution in [0.2, 0.25) is 0 Å². The van der Waals surface area contributed by atoms with Crippen LogP contribution in [0.25, 0.3) is 11.1 Å². The van der Waals surface area contributed by atoms with Gasteiger partial charge in [0.15, 0.2) is 0 Å². The summed E-state index contributed by atoms with van der Waals surface area (Å²) in [6.45, 7) is 0.221. The van der Waals surface area contributed by atoms with Crippen LogP contribution in [0.1, 0.15) is 12.8 Å². The second-order valence-electron chi connectivity index (χ2n) is 5.60. The molecule has 2 heterocycles. The molecule has 23 heavy (non-hydrogen) atoms. The molecule has 0 atom stereocenters. The van der Waals surface area contributed by atoms with Crippen LogP contribution in [0.5, 0.6) is 5.75 Å². The van der Waals surface area contributed by atoms with Crippen LogP contribution in [0.15, 0.2) is 36.8 Å².